The Bertz CT molecular complexity index is 176. The van der Waals surface area contributed by atoms with Gasteiger partial charge in [0, 0.05) is 19.5 Å². The molecule has 0 bridgehead atoms. The summed E-state index contributed by atoms with van der Waals surface area (Å²) in [5.41, 5.74) is 0. The molecular weight excluding hydrogens is 150 g/mol. The Hall–Kier alpha value is -0.520. The normalized spacial score (nSPS) is 18.2. The Morgan fingerprint density at radius 3 is 2.92 bits per heavy atom. The van der Waals surface area contributed by atoms with Crippen molar-refractivity contribution in [3.05, 3.63) is 0 Å². The maximum Gasteiger partial charge on any atom is 0.0692 e. The minimum absolute atomic E-state index is 0.125. The molecule has 0 aromatic heterocycles. The van der Waals surface area contributed by atoms with Crippen LogP contribution in [-0.4, -0.2) is 24.3 Å². The van der Waals surface area contributed by atoms with Gasteiger partial charge in [-0.2, -0.15) is 0 Å². The van der Waals surface area contributed by atoms with Crippen molar-refractivity contribution in [2.24, 2.45) is 5.92 Å². The molecule has 68 valence electrons. The molecule has 1 aliphatic carbocycles. The molecule has 0 radical (unpaired) electrons. The number of aliphatic hydroxyl groups excluding tert-OH is 1. The van der Waals surface area contributed by atoms with Crippen molar-refractivity contribution in [1.29, 1.82) is 0 Å². The van der Waals surface area contributed by atoms with Crippen molar-refractivity contribution in [2.75, 3.05) is 13.1 Å². The summed E-state index contributed by atoms with van der Waals surface area (Å²) in [6.07, 6.45) is 3.17. The molecule has 0 amide bonds. The second-order valence-electron chi connectivity index (χ2n) is 3.29. The number of nitrogens with one attached hydrogen (secondary N) is 1. The minimum Gasteiger partial charge on any atom is -0.392 e. The summed E-state index contributed by atoms with van der Waals surface area (Å²) in [5, 5.41) is 12.6. The molecule has 1 unspecified atom stereocenters. The monoisotopic (exact) mass is 167 g/mol. The highest BCUT2D eigenvalue weighted by Gasteiger charge is 2.28. The lowest BCUT2D eigenvalue weighted by Crippen LogP contribution is -2.28. The summed E-state index contributed by atoms with van der Waals surface area (Å²) < 4.78 is 0. The van der Waals surface area contributed by atoms with Gasteiger partial charge in [-0.15, -0.1) is 11.8 Å². The van der Waals surface area contributed by atoms with Gasteiger partial charge in [-0.25, -0.2) is 0 Å². The molecule has 1 rings (SSSR count). The molecule has 0 aromatic rings. The smallest absolute Gasteiger partial charge is 0.0692 e. The fraction of sp³-hybridized carbons (Fsp3) is 0.800. The minimum atomic E-state index is -0.125. The molecule has 1 saturated carbocycles. The molecule has 12 heavy (non-hydrogen) atoms. The van der Waals surface area contributed by atoms with Crippen molar-refractivity contribution in [2.45, 2.75) is 32.3 Å². The van der Waals surface area contributed by atoms with E-state index in [1.54, 1.807) is 0 Å². The SMILES string of the molecule is CC#CCCNCC(O)C1CC1. The lowest BCUT2D eigenvalue weighted by Gasteiger charge is -2.08. The van der Waals surface area contributed by atoms with E-state index in [0.717, 1.165) is 19.5 Å². The first kappa shape index (κ1) is 9.57. The van der Waals surface area contributed by atoms with Crippen LogP contribution in [0, 0.1) is 17.8 Å². The number of aliphatic hydroxyl groups is 1. The summed E-state index contributed by atoms with van der Waals surface area (Å²) in [4.78, 5) is 0. The first-order valence-corrected chi connectivity index (χ1v) is 4.63. The molecule has 0 aliphatic heterocycles. The molecular formula is C10H17NO. The van der Waals surface area contributed by atoms with Crippen LogP contribution in [0.5, 0.6) is 0 Å². The van der Waals surface area contributed by atoms with E-state index in [1.165, 1.54) is 12.8 Å². The van der Waals surface area contributed by atoms with E-state index in [-0.39, 0.29) is 6.10 Å². The molecule has 0 aromatic carbocycles. The Balaban J connectivity index is 1.89. The maximum absolute atomic E-state index is 9.45. The zero-order valence-electron chi connectivity index (χ0n) is 7.64. The second-order valence-corrected chi connectivity index (χ2v) is 3.29. The topological polar surface area (TPSA) is 32.3 Å². The van der Waals surface area contributed by atoms with Gasteiger partial charge in [-0.05, 0) is 25.7 Å². The van der Waals surface area contributed by atoms with Crippen LogP contribution < -0.4 is 5.32 Å². The van der Waals surface area contributed by atoms with E-state index in [0.29, 0.717) is 5.92 Å². The average Bonchev–Trinajstić information content (AvgIpc) is 2.86. The molecule has 2 heteroatoms. The molecule has 1 atom stereocenters. The van der Waals surface area contributed by atoms with Crippen molar-refractivity contribution >= 4 is 0 Å². The molecule has 0 heterocycles. The van der Waals surface area contributed by atoms with Crippen LogP contribution in [0.1, 0.15) is 26.2 Å². The van der Waals surface area contributed by atoms with Crippen LogP contribution in [-0.2, 0) is 0 Å². The van der Waals surface area contributed by atoms with Crippen molar-refractivity contribution in [1.82, 2.24) is 5.32 Å². The fourth-order valence-electron chi connectivity index (χ4n) is 1.17. The van der Waals surface area contributed by atoms with Crippen molar-refractivity contribution in [3.8, 4) is 11.8 Å². The van der Waals surface area contributed by atoms with Gasteiger partial charge >= 0.3 is 0 Å². The lowest BCUT2D eigenvalue weighted by atomic mass is 10.2. The third-order valence-corrected chi connectivity index (χ3v) is 2.12. The van der Waals surface area contributed by atoms with Gasteiger partial charge in [-0.1, -0.05) is 0 Å². The van der Waals surface area contributed by atoms with E-state index in [9.17, 15) is 5.11 Å². The van der Waals surface area contributed by atoms with E-state index in [2.05, 4.69) is 17.2 Å². The van der Waals surface area contributed by atoms with Gasteiger partial charge in [-0.3, -0.25) is 0 Å². The lowest BCUT2D eigenvalue weighted by molar-refractivity contribution is 0.149. The summed E-state index contributed by atoms with van der Waals surface area (Å²) in [6.45, 7) is 3.47. The van der Waals surface area contributed by atoms with Crippen LogP contribution in [0.25, 0.3) is 0 Å². The van der Waals surface area contributed by atoms with Gasteiger partial charge in [0.15, 0.2) is 0 Å². The standard InChI is InChI=1S/C10H17NO/c1-2-3-4-7-11-8-10(12)9-5-6-9/h9-12H,4-8H2,1H3. The predicted molar refractivity (Wildman–Crippen MR) is 49.7 cm³/mol. The Kier molecular flexibility index (Phi) is 4.13. The third-order valence-electron chi connectivity index (χ3n) is 2.12. The van der Waals surface area contributed by atoms with E-state index in [1.807, 2.05) is 6.92 Å². The Labute approximate surface area is 74.4 Å². The fourth-order valence-corrected chi connectivity index (χ4v) is 1.17. The third kappa shape index (κ3) is 3.75. The molecule has 2 N–H and O–H groups in total. The molecule has 1 fully saturated rings. The zero-order chi connectivity index (χ0) is 8.81. The summed E-state index contributed by atoms with van der Waals surface area (Å²) in [6, 6.07) is 0. The van der Waals surface area contributed by atoms with Gasteiger partial charge < -0.3 is 10.4 Å². The quantitative estimate of drug-likeness (QED) is 0.468. The number of hydrogen-bond donors (Lipinski definition) is 2. The van der Waals surface area contributed by atoms with Crippen LogP contribution in [0.2, 0.25) is 0 Å². The highest BCUT2D eigenvalue weighted by Crippen LogP contribution is 2.32. The van der Waals surface area contributed by atoms with Gasteiger partial charge in [0.05, 0.1) is 6.10 Å². The summed E-state index contributed by atoms with van der Waals surface area (Å²) >= 11 is 0. The van der Waals surface area contributed by atoms with Crippen LogP contribution >= 0.6 is 0 Å². The largest absolute Gasteiger partial charge is 0.392 e. The van der Waals surface area contributed by atoms with E-state index < -0.39 is 0 Å². The molecule has 0 saturated heterocycles. The van der Waals surface area contributed by atoms with Gasteiger partial charge in [0.1, 0.15) is 0 Å². The highest BCUT2D eigenvalue weighted by molar-refractivity contribution is 4.95. The van der Waals surface area contributed by atoms with Crippen molar-refractivity contribution in [3.63, 3.8) is 0 Å². The molecule has 2 nitrogen and oxygen atoms in total. The first-order chi connectivity index (χ1) is 5.84. The van der Waals surface area contributed by atoms with Crippen LogP contribution in [0.3, 0.4) is 0 Å². The molecule has 1 aliphatic rings. The Morgan fingerprint density at radius 1 is 1.58 bits per heavy atom. The first-order valence-electron chi connectivity index (χ1n) is 4.63. The summed E-state index contributed by atoms with van der Waals surface area (Å²) in [7, 11) is 0. The van der Waals surface area contributed by atoms with Crippen LogP contribution in [0.15, 0.2) is 0 Å². The van der Waals surface area contributed by atoms with E-state index in [4.69, 9.17) is 0 Å². The summed E-state index contributed by atoms with van der Waals surface area (Å²) in [5.74, 6) is 6.39. The number of hydrogen-bond acceptors (Lipinski definition) is 2. The second kappa shape index (κ2) is 5.18. The molecule has 0 spiro atoms. The highest BCUT2D eigenvalue weighted by atomic mass is 16.3. The van der Waals surface area contributed by atoms with Crippen LogP contribution in [0.4, 0.5) is 0 Å². The van der Waals surface area contributed by atoms with Gasteiger partial charge in [0.2, 0.25) is 0 Å². The predicted octanol–water partition coefficient (Wildman–Crippen LogP) is 0.760. The average molecular weight is 167 g/mol. The Morgan fingerprint density at radius 2 is 2.33 bits per heavy atom. The van der Waals surface area contributed by atoms with Crippen molar-refractivity contribution < 1.29 is 5.11 Å². The number of rotatable bonds is 5. The van der Waals surface area contributed by atoms with Gasteiger partial charge in [0.25, 0.3) is 0 Å². The zero-order valence-corrected chi connectivity index (χ0v) is 7.64. The van der Waals surface area contributed by atoms with E-state index >= 15 is 0 Å². The maximum atomic E-state index is 9.45.